The summed E-state index contributed by atoms with van der Waals surface area (Å²) >= 11 is 0. The molecule has 2 rings (SSSR count). The molecule has 3 N–H and O–H groups in total. The van der Waals surface area contributed by atoms with Crippen molar-refractivity contribution in [1.82, 2.24) is 10.2 Å². The Morgan fingerprint density at radius 2 is 2.19 bits per heavy atom. The third kappa shape index (κ3) is 3.52. The monoisotopic (exact) mass is 292 g/mol. The zero-order valence-electron chi connectivity index (χ0n) is 12.0. The molecule has 0 radical (unpaired) electrons. The average molecular weight is 292 g/mol. The first-order valence-electron chi connectivity index (χ1n) is 7.00. The van der Waals surface area contributed by atoms with Crippen LogP contribution in [-0.2, 0) is 6.54 Å². The Labute approximate surface area is 123 Å². The number of carbonyl (C=O) groups is 2. The van der Waals surface area contributed by atoms with E-state index in [-0.39, 0.29) is 36.7 Å². The number of hydrogen-bond acceptors (Lipinski definition) is 3. The largest absolute Gasteiger partial charge is 0.478 e. The Kier molecular flexibility index (Phi) is 4.80. The van der Waals surface area contributed by atoms with Gasteiger partial charge in [-0.15, -0.1) is 0 Å². The van der Waals surface area contributed by atoms with E-state index in [2.05, 4.69) is 5.32 Å². The van der Waals surface area contributed by atoms with E-state index in [4.69, 9.17) is 5.11 Å². The Morgan fingerprint density at radius 1 is 1.43 bits per heavy atom. The number of nitrogens with zero attached hydrogens (tertiary/aromatic N) is 1. The van der Waals surface area contributed by atoms with E-state index in [1.807, 2.05) is 6.92 Å². The number of amides is 2. The van der Waals surface area contributed by atoms with Gasteiger partial charge in [0, 0.05) is 13.1 Å². The molecule has 21 heavy (non-hydrogen) atoms. The van der Waals surface area contributed by atoms with Gasteiger partial charge >= 0.3 is 12.0 Å². The molecule has 1 aliphatic heterocycles. The molecule has 1 saturated heterocycles. The molecule has 2 atom stereocenters. The first-order chi connectivity index (χ1) is 10.0. The summed E-state index contributed by atoms with van der Waals surface area (Å²) in [6.45, 7) is 2.88. The SMILES string of the molecule is CC1CCN(C(=O)NCc2cccc(C(=O)O)c2)C1CO. The van der Waals surface area contributed by atoms with Crippen molar-refractivity contribution in [1.29, 1.82) is 0 Å². The van der Waals surface area contributed by atoms with Crippen molar-refractivity contribution >= 4 is 12.0 Å². The molecule has 0 saturated carbocycles. The van der Waals surface area contributed by atoms with Crippen LogP contribution in [0.25, 0.3) is 0 Å². The van der Waals surface area contributed by atoms with Crippen molar-refractivity contribution in [3.05, 3.63) is 35.4 Å². The molecular formula is C15H20N2O4. The number of carboxylic acids is 1. The summed E-state index contributed by atoms with van der Waals surface area (Å²) in [6, 6.07) is 6.10. The number of rotatable bonds is 4. The van der Waals surface area contributed by atoms with Crippen molar-refractivity contribution in [2.24, 2.45) is 5.92 Å². The molecule has 2 unspecified atom stereocenters. The first-order valence-corrected chi connectivity index (χ1v) is 7.00. The van der Waals surface area contributed by atoms with Crippen molar-refractivity contribution in [3.63, 3.8) is 0 Å². The maximum atomic E-state index is 12.1. The number of carboxylic acid groups (broad SMARTS) is 1. The molecule has 1 aromatic rings. The Morgan fingerprint density at radius 3 is 2.86 bits per heavy atom. The molecule has 1 aliphatic rings. The van der Waals surface area contributed by atoms with Gasteiger partial charge in [0.05, 0.1) is 18.2 Å². The zero-order valence-corrected chi connectivity index (χ0v) is 12.0. The summed E-state index contributed by atoms with van der Waals surface area (Å²) in [7, 11) is 0. The van der Waals surface area contributed by atoms with Crippen molar-refractivity contribution in [3.8, 4) is 0 Å². The molecule has 0 bridgehead atoms. The first kappa shape index (κ1) is 15.3. The van der Waals surface area contributed by atoms with Crippen LogP contribution >= 0.6 is 0 Å². The number of aliphatic hydroxyl groups is 1. The minimum atomic E-state index is -0.989. The molecule has 1 fully saturated rings. The maximum Gasteiger partial charge on any atom is 0.335 e. The topological polar surface area (TPSA) is 89.9 Å². The van der Waals surface area contributed by atoms with Gasteiger partial charge in [0.25, 0.3) is 0 Å². The van der Waals surface area contributed by atoms with Gasteiger partial charge in [0.1, 0.15) is 0 Å². The maximum absolute atomic E-state index is 12.1. The highest BCUT2D eigenvalue weighted by Crippen LogP contribution is 2.23. The third-order valence-corrected chi connectivity index (χ3v) is 3.95. The molecule has 1 heterocycles. The van der Waals surface area contributed by atoms with Crippen LogP contribution in [0.5, 0.6) is 0 Å². The van der Waals surface area contributed by atoms with Crippen LogP contribution in [0.2, 0.25) is 0 Å². The van der Waals surface area contributed by atoms with Crippen molar-refractivity contribution < 1.29 is 19.8 Å². The van der Waals surface area contributed by atoms with Gasteiger partial charge in [-0.2, -0.15) is 0 Å². The van der Waals surface area contributed by atoms with E-state index in [9.17, 15) is 14.7 Å². The van der Waals surface area contributed by atoms with Crippen molar-refractivity contribution in [2.45, 2.75) is 25.9 Å². The predicted octanol–water partition coefficient (Wildman–Crippen LogP) is 1.30. The number of likely N-dealkylation sites (tertiary alicyclic amines) is 1. The number of carbonyl (C=O) groups excluding carboxylic acids is 1. The second-order valence-corrected chi connectivity index (χ2v) is 5.37. The molecule has 0 aliphatic carbocycles. The lowest BCUT2D eigenvalue weighted by molar-refractivity contribution is 0.0696. The van der Waals surface area contributed by atoms with Gasteiger partial charge < -0.3 is 20.4 Å². The Balaban J connectivity index is 1.95. The van der Waals surface area contributed by atoms with Crippen LogP contribution in [0.15, 0.2) is 24.3 Å². The summed E-state index contributed by atoms with van der Waals surface area (Å²) in [6.07, 6.45) is 0.882. The number of hydrogen-bond donors (Lipinski definition) is 3. The van der Waals surface area contributed by atoms with Crippen LogP contribution in [0.4, 0.5) is 4.79 Å². The van der Waals surface area contributed by atoms with E-state index in [1.165, 1.54) is 6.07 Å². The van der Waals surface area contributed by atoms with Crippen LogP contribution in [0.1, 0.15) is 29.3 Å². The lowest BCUT2D eigenvalue weighted by atomic mass is 10.0. The van der Waals surface area contributed by atoms with Gasteiger partial charge in [-0.05, 0) is 30.0 Å². The third-order valence-electron chi connectivity index (χ3n) is 3.95. The van der Waals surface area contributed by atoms with Gasteiger partial charge in [-0.1, -0.05) is 19.1 Å². The van der Waals surface area contributed by atoms with Crippen LogP contribution in [-0.4, -0.2) is 46.3 Å². The second-order valence-electron chi connectivity index (χ2n) is 5.37. The smallest absolute Gasteiger partial charge is 0.335 e. The fourth-order valence-corrected chi connectivity index (χ4v) is 2.63. The summed E-state index contributed by atoms with van der Waals surface area (Å²) in [5.41, 5.74) is 0.931. The highest BCUT2D eigenvalue weighted by atomic mass is 16.4. The quantitative estimate of drug-likeness (QED) is 0.780. The lowest BCUT2D eigenvalue weighted by Gasteiger charge is -2.25. The van der Waals surface area contributed by atoms with Crippen LogP contribution < -0.4 is 5.32 Å². The molecule has 114 valence electrons. The lowest BCUT2D eigenvalue weighted by Crippen LogP contribution is -2.45. The minimum Gasteiger partial charge on any atom is -0.478 e. The number of aliphatic hydroxyl groups excluding tert-OH is 1. The molecule has 0 aromatic heterocycles. The number of nitrogens with one attached hydrogen (secondary N) is 1. The second kappa shape index (κ2) is 6.58. The van der Waals surface area contributed by atoms with Gasteiger partial charge in [0.15, 0.2) is 0 Å². The Hall–Kier alpha value is -2.08. The van der Waals surface area contributed by atoms with E-state index in [0.29, 0.717) is 6.54 Å². The normalized spacial score (nSPS) is 21.3. The Bertz CT molecular complexity index is 532. The summed E-state index contributed by atoms with van der Waals surface area (Å²) in [5, 5.41) is 21.1. The van der Waals surface area contributed by atoms with E-state index >= 15 is 0 Å². The van der Waals surface area contributed by atoms with E-state index < -0.39 is 5.97 Å². The molecule has 1 aromatic carbocycles. The zero-order chi connectivity index (χ0) is 15.4. The van der Waals surface area contributed by atoms with Gasteiger partial charge in [-0.3, -0.25) is 0 Å². The van der Waals surface area contributed by atoms with E-state index in [1.54, 1.807) is 23.1 Å². The number of aromatic carboxylic acids is 1. The number of benzene rings is 1. The molecular weight excluding hydrogens is 272 g/mol. The predicted molar refractivity (Wildman–Crippen MR) is 77.0 cm³/mol. The molecule has 2 amide bonds. The highest BCUT2D eigenvalue weighted by Gasteiger charge is 2.33. The van der Waals surface area contributed by atoms with Gasteiger partial charge in [-0.25, -0.2) is 9.59 Å². The average Bonchev–Trinajstić information content (AvgIpc) is 2.86. The van der Waals surface area contributed by atoms with Crippen LogP contribution in [0.3, 0.4) is 0 Å². The fraction of sp³-hybridized carbons (Fsp3) is 0.467. The highest BCUT2D eigenvalue weighted by molar-refractivity contribution is 5.87. The summed E-state index contributed by atoms with van der Waals surface area (Å²) < 4.78 is 0. The number of urea groups is 1. The molecule has 0 spiro atoms. The van der Waals surface area contributed by atoms with Crippen molar-refractivity contribution in [2.75, 3.05) is 13.2 Å². The minimum absolute atomic E-state index is 0.0386. The summed E-state index contributed by atoms with van der Waals surface area (Å²) in [5.74, 6) is -0.701. The van der Waals surface area contributed by atoms with Gasteiger partial charge in [0.2, 0.25) is 0 Å². The van der Waals surface area contributed by atoms with Crippen LogP contribution in [0, 0.1) is 5.92 Å². The summed E-state index contributed by atoms with van der Waals surface area (Å²) in [4.78, 5) is 24.7. The molecule has 6 heteroatoms. The van der Waals surface area contributed by atoms with E-state index in [0.717, 1.165) is 12.0 Å². The standard InChI is InChI=1S/C15H20N2O4/c1-10-5-6-17(13(10)9-18)15(21)16-8-11-3-2-4-12(7-11)14(19)20/h2-4,7,10,13,18H,5-6,8-9H2,1H3,(H,16,21)(H,19,20). The molecule has 6 nitrogen and oxygen atoms in total. The fourth-order valence-electron chi connectivity index (χ4n) is 2.63.